The molecule has 0 aliphatic rings. The van der Waals surface area contributed by atoms with Gasteiger partial charge in [-0.1, -0.05) is 203 Å². The molecule has 0 aromatic heterocycles. The van der Waals surface area contributed by atoms with E-state index >= 15 is 0 Å². The predicted molar refractivity (Wildman–Crippen MR) is 282 cm³/mol. The lowest BCUT2D eigenvalue weighted by molar-refractivity contribution is 0.552. The predicted octanol–water partition coefficient (Wildman–Crippen LogP) is 20.4. The first-order chi connectivity index (χ1) is 30.5. The fourth-order valence-electron chi connectivity index (χ4n) is 9.56. The smallest absolute Gasteiger partial charge is 0.0639 e. The average Bonchev–Trinajstić information content (AvgIpc) is 3.27. The molecule has 2 rings (SSSR count). The van der Waals surface area contributed by atoms with Gasteiger partial charge < -0.3 is 0 Å². The third kappa shape index (κ3) is 24.7. The third-order valence-electron chi connectivity index (χ3n) is 13.6. The number of benzene rings is 2. The highest BCUT2D eigenvalue weighted by Crippen LogP contribution is 2.31. The van der Waals surface area contributed by atoms with Crippen LogP contribution in [0.25, 0.3) is 0 Å². The molecule has 2 nitrogen and oxygen atoms in total. The molecule has 0 atom stereocenters. The maximum absolute atomic E-state index is 5.69. The Balaban J connectivity index is 2.60. The van der Waals surface area contributed by atoms with Crippen molar-refractivity contribution in [3.05, 3.63) is 57.6 Å². The molecule has 0 spiro atoms. The summed E-state index contributed by atoms with van der Waals surface area (Å²) in [5.74, 6) is 0. The second-order valence-corrected chi connectivity index (χ2v) is 19.5. The van der Waals surface area contributed by atoms with Gasteiger partial charge in [0.15, 0.2) is 0 Å². The van der Waals surface area contributed by atoms with Gasteiger partial charge in [-0.05, 0) is 154 Å². The van der Waals surface area contributed by atoms with Crippen LogP contribution in [0, 0.1) is 0 Å². The fraction of sp³-hybridized carbons (Fsp3) is 0.767. The summed E-state index contributed by atoms with van der Waals surface area (Å²) in [5.41, 5.74) is 14.4. The Morgan fingerprint density at radius 1 is 0.306 bits per heavy atom. The Morgan fingerprint density at radius 2 is 0.581 bits per heavy atom. The Bertz CT molecular complexity index is 1450. The van der Waals surface area contributed by atoms with Gasteiger partial charge in [0.1, 0.15) is 0 Å². The minimum Gasteiger partial charge on any atom is -0.252 e. The van der Waals surface area contributed by atoms with E-state index in [1.54, 1.807) is 33.4 Å². The number of hydrogen-bond acceptors (Lipinski definition) is 2. The van der Waals surface area contributed by atoms with E-state index in [1.807, 2.05) is 0 Å². The van der Waals surface area contributed by atoms with Gasteiger partial charge in [-0.25, -0.2) is 0 Å². The number of rotatable bonds is 41. The Hall–Kier alpha value is -2.22. The van der Waals surface area contributed by atoms with Crippen molar-refractivity contribution in [2.45, 2.75) is 299 Å². The summed E-state index contributed by atoms with van der Waals surface area (Å²) >= 11 is 0. The van der Waals surface area contributed by atoms with E-state index in [0.717, 1.165) is 12.1 Å². The van der Waals surface area contributed by atoms with Gasteiger partial charge in [-0.2, -0.15) is 0 Å². The van der Waals surface area contributed by atoms with Crippen LogP contribution in [0.15, 0.2) is 34.3 Å². The van der Waals surface area contributed by atoms with E-state index in [1.165, 1.54) is 255 Å². The minimum absolute atomic E-state index is 1.02. The summed E-state index contributed by atoms with van der Waals surface area (Å²) in [7, 11) is 0. The van der Waals surface area contributed by atoms with Crippen LogP contribution in [-0.4, -0.2) is 11.4 Å². The van der Waals surface area contributed by atoms with Crippen molar-refractivity contribution in [3.8, 4) is 0 Å². The highest BCUT2D eigenvalue weighted by Gasteiger charge is 2.15. The maximum Gasteiger partial charge on any atom is 0.0639 e. The van der Waals surface area contributed by atoms with Crippen molar-refractivity contribution in [1.82, 2.24) is 0 Å². The van der Waals surface area contributed by atoms with Crippen LogP contribution in [-0.2, 0) is 38.5 Å². The van der Waals surface area contributed by atoms with E-state index in [-0.39, 0.29) is 0 Å². The molecule has 0 aliphatic carbocycles. The van der Waals surface area contributed by atoms with E-state index in [9.17, 15) is 0 Å². The van der Waals surface area contributed by atoms with Crippen LogP contribution in [0.4, 0.5) is 11.4 Å². The zero-order valence-corrected chi connectivity index (χ0v) is 43.1. The van der Waals surface area contributed by atoms with E-state index in [0.29, 0.717) is 0 Å². The summed E-state index contributed by atoms with van der Waals surface area (Å²) < 4.78 is 0. The standard InChI is InChI=1S/C60H104N2/c1-9-16-23-27-29-30-31-32-33-35-39-46-60(51(8)61-56-47-52(40-20-13-5)58(44-22-15-7)54(48-56)42-36-25-18-11-3)62-57-49-53(41-21-14-6)59(45-38-34-28-24-17-10-2)55(50-57)43-37-26-19-12-4/h47-50H,9-46H2,1-8H3. The zero-order chi connectivity index (χ0) is 44.9. The Kier molecular flexibility index (Phi) is 34.3. The van der Waals surface area contributed by atoms with Crippen LogP contribution in [0.5, 0.6) is 0 Å². The first-order valence-electron chi connectivity index (χ1n) is 27.9. The van der Waals surface area contributed by atoms with E-state index in [4.69, 9.17) is 9.98 Å². The molecule has 2 heteroatoms. The van der Waals surface area contributed by atoms with Gasteiger partial charge in [0, 0.05) is 0 Å². The van der Waals surface area contributed by atoms with Gasteiger partial charge in [0.05, 0.1) is 22.8 Å². The van der Waals surface area contributed by atoms with Crippen molar-refractivity contribution < 1.29 is 0 Å². The molecule has 0 saturated heterocycles. The molecular formula is C60H104N2. The number of nitrogens with zero attached hydrogens (tertiary/aromatic N) is 2. The lowest BCUT2D eigenvalue weighted by atomic mass is 9.89. The van der Waals surface area contributed by atoms with Gasteiger partial charge in [-0.15, -0.1) is 0 Å². The first-order valence-corrected chi connectivity index (χ1v) is 27.9. The lowest BCUT2D eigenvalue weighted by Gasteiger charge is -2.18. The van der Waals surface area contributed by atoms with Crippen LogP contribution < -0.4 is 0 Å². The monoisotopic (exact) mass is 853 g/mol. The molecule has 0 saturated carbocycles. The van der Waals surface area contributed by atoms with Crippen molar-refractivity contribution >= 4 is 22.8 Å². The fourth-order valence-corrected chi connectivity index (χ4v) is 9.56. The van der Waals surface area contributed by atoms with Crippen LogP contribution in [0.2, 0.25) is 0 Å². The van der Waals surface area contributed by atoms with Gasteiger partial charge in [0.2, 0.25) is 0 Å². The molecule has 0 aliphatic heterocycles. The van der Waals surface area contributed by atoms with Crippen molar-refractivity contribution in [1.29, 1.82) is 0 Å². The largest absolute Gasteiger partial charge is 0.252 e. The molecule has 0 bridgehead atoms. The highest BCUT2D eigenvalue weighted by atomic mass is 14.8. The summed E-state index contributed by atoms with van der Waals surface area (Å²) in [6.45, 7) is 18.6. The Morgan fingerprint density at radius 3 is 0.984 bits per heavy atom. The van der Waals surface area contributed by atoms with Gasteiger partial charge in [-0.3, -0.25) is 9.98 Å². The normalized spacial score (nSPS) is 12.3. The van der Waals surface area contributed by atoms with Crippen LogP contribution >= 0.6 is 0 Å². The minimum atomic E-state index is 1.02. The molecule has 2 aromatic carbocycles. The SMILES string of the molecule is CCCCCCCCCCCCCC(=Nc1cc(CCCC)c(CCCCCCCC)c(CCCCCC)c1)C(C)=Nc1cc(CCCC)c(CCCC)c(CCCCCC)c1. The van der Waals surface area contributed by atoms with Crippen LogP contribution in [0.3, 0.4) is 0 Å². The van der Waals surface area contributed by atoms with E-state index in [2.05, 4.69) is 79.7 Å². The molecule has 62 heavy (non-hydrogen) atoms. The number of unbranched alkanes of at least 4 members (excludes halogenated alkanes) is 24. The molecule has 0 radical (unpaired) electrons. The summed E-state index contributed by atoms with van der Waals surface area (Å²) in [4.78, 5) is 11.3. The molecular weight excluding hydrogens is 749 g/mol. The third-order valence-corrected chi connectivity index (χ3v) is 13.6. The molecule has 0 heterocycles. The highest BCUT2D eigenvalue weighted by molar-refractivity contribution is 6.42. The molecule has 0 N–H and O–H groups in total. The summed E-state index contributed by atoms with van der Waals surface area (Å²) in [6.07, 6.45) is 49.4. The number of aryl methyl sites for hydroxylation is 4. The Labute approximate surface area is 388 Å². The molecule has 0 amide bonds. The quantitative estimate of drug-likeness (QED) is 0.0470. The molecule has 0 fully saturated rings. The van der Waals surface area contributed by atoms with Crippen LogP contribution in [0.1, 0.15) is 294 Å². The summed E-state index contributed by atoms with van der Waals surface area (Å²) in [5, 5.41) is 0. The molecule has 2 aromatic rings. The topological polar surface area (TPSA) is 24.7 Å². The van der Waals surface area contributed by atoms with Gasteiger partial charge >= 0.3 is 0 Å². The zero-order valence-electron chi connectivity index (χ0n) is 43.1. The second-order valence-electron chi connectivity index (χ2n) is 19.5. The van der Waals surface area contributed by atoms with Crippen molar-refractivity contribution in [3.63, 3.8) is 0 Å². The van der Waals surface area contributed by atoms with Crippen molar-refractivity contribution in [2.24, 2.45) is 9.98 Å². The first kappa shape index (κ1) is 55.9. The number of aliphatic imine (C=N–C) groups is 2. The lowest BCUT2D eigenvalue weighted by Crippen LogP contribution is -2.11. The summed E-state index contributed by atoms with van der Waals surface area (Å²) in [6, 6.07) is 10.0. The average molecular weight is 854 g/mol. The second kappa shape index (κ2) is 38.1. The van der Waals surface area contributed by atoms with Crippen molar-refractivity contribution in [2.75, 3.05) is 0 Å². The molecule has 0 unspecified atom stereocenters. The maximum atomic E-state index is 5.69. The molecule has 354 valence electrons. The van der Waals surface area contributed by atoms with Gasteiger partial charge in [0.25, 0.3) is 0 Å². The number of hydrogen-bond donors (Lipinski definition) is 0. The van der Waals surface area contributed by atoms with E-state index < -0.39 is 0 Å².